The number of urea groups is 1. The average Bonchev–Trinajstić information content (AvgIpc) is 2.70. The molecule has 0 radical (unpaired) electrons. The summed E-state index contributed by atoms with van der Waals surface area (Å²) in [6.07, 6.45) is 7.31. The van der Waals surface area contributed by atoms with Gasteiger partial charge in [-0.1, -0.05) is 50.1 Å². The van der Waals surface area contributed by atoms with E-state index in [1.807, 2.05) is 4.90 Å². The summed E-state index contributed by atoms with van der Waals surface area (Å²) >= 11 is 0. The van der Waals surface area contributed by atoms with E-state index in [0.717, 1.165) is 64.7 Å². The number of aliphatic hydroxyl groups excluding tert-OH is 1. The third-order valence-corrected chi connectivity index (χ3v) is 7.36. The molecule has 2 heterocycles. The highest BCUT2D eigenvalue weighted by atomic mass is 16.3. The summed E-state index contributed by atoms with van der Waals surface area (Å²) in [7, 11) is 0. The molecular weight excluding hydrogens is 350 g/mol. The van der Waals surface area contributed by atoms with Gasteiger partial charge in [-0.3, -0.25) is 4.90 Å². The van der Waals surface area contributed by atoms with Crippen LogP contribution in [0.25, 0.3) is 0 Å². The van der Waals surface area contributed by atoms with E-state index in [0.29, 0.717) is 6.04 Å². The van der Waals surface area contributed by atoms with E-state index in [1.165, 1.54) is 12.0 Å². The maximum atomic E-state index is 12.7. The third kappa shape index (κ3) is 3.92. The molecule has 5 nitrogen and oxygen atoms in total. The second-order valence-electron chi connectivity index (χ2n) is 9.03. The zero-order valence-electron chi connectivity index (χ0n) is 17.1. The number of piperidine rings is 1. The molecular formula is C23H35N3O2. The van der Waals surface area contributed by atoms with Crippen molar-refractivity contribution in [3.8, 4) is 0 Å². The van der Waals surface area contributed by atoms with Gasteiger partial charge in [0.05, 0.1) is 6.10 Å². The van der Waals surface area contributed by atoms with Crippen molar-refractivity contribution in [2.45, 2.75) is 75.5 Å². The summed E-state index contributed by atoms with van der Waals surface area (Å²) < 4.78 is 0. The highest BCUT2D eigenvalue weighted by Gasteiger charge is 2.45. The first kappa shape index (κ1) is 19.7. The van der Waals surface area contributed by atoms with Gasteiger partial charge in [0.2, 0.25) is 0 Å². The summed E-state index contributed by atoms with van der Waals surface area (Å²) in [5, 5.41) is 13.6. The first-order chi connectivity index (χ1) is 13.6. The SMILES string of the molecule is CCC1(c2ccccc2)CN(C(=O)NC2CCN([C@H]3CCCC[C@H]3O)CC2)C1. The first-order valence-electron chi connectivity index (χ1n) is 11.1. The highest BCUT2D eigenvalue weighted by molar-refractivity contribution is 5.76. The predicted octanol–water partition coefficient (Wildman–Crippen LogP) is 3.13. The number of hydrogen-bond acceptors (Lipinski definition) is 3. The molecule has 0 unspecified atom stereocenters. The molecule has 2 atom stereocenters. The Kier molecular flexibility index (Phi) is 5.93. The molecule has 4 rings (SSSR count). The molecule has 2 saturated heterocycles. The molecule has 1 saturated carbocycles. The van der Waals surface area contributed by atoms with Crippen LogP contribution in [-0.2, 0) is 5.41 Å². The largest absolute Gasteiger partial charge is 0.391 e. The molecule has 0 spiro atoms. The number of carbonyl (C=O) groups is 1. The number of likely N-dealkylation sites (tertiary alicyclic amines) is 2. The van der Waals surface area contributed by atoms with Gasteiger partial charge in [0.15, 0.2) is 0 Å². The van der Waals surface area contributed by atoms with Gasteiger partial charge in [0, 0.05) is 43.7 Å². The minimum atomic E-state index is -0.166. The normalized spacial score (nSPS) is 28.6. The molecule has 3 aliphatic rings. The number of nitrogens with zero attached hydrogens (tertiary/aromatic N) is 2. The first-order valence-corrected chi connectivity index (χ1v) is 11.1. The van der Waals surface area contributed by atoms with E-state index in [4.69, 9.17) is 0 Å². The Balaban J connectivity index is 1.24. The molecule has 0 bridgehead atoms. The van der Waals surface area contributed by atoms with Crippen LogP contribution < -0.4 is 5.32 Å². The maximum absolute atomic E-state index is 12.7. The lowest BCUT2D eigenvalue weighted by atomic mass is 9.72. The lowest BCUT2D eigenvalue weighted by Gasteiger charge is -2.50. The monoisotopic (exact) mass is 385 g/mol. The van der Waals surface area contributed by atoms with E-state index in [9.17, 15) is 9.90 Å². The minimum Gasteiger partial charge on any atom is -0.391 e. The van der Waals surface area contributed by atoms with Crippen LogP contribution in [0, 0.1) is 0 Å². The van der Waals surface area contributed by atoms with E-state index >= 15 is 0 Å². The number of carbonyl (C=O) groups excluding carboxylic acids is 1. The van der Waals surface area contributed by atoms with Gasteiger partial charge in [0.1, 0.15) is 0 Å². The molecule has 1 aromatic carbocycles. The van der Waals surface area contributed by atoms with Crippen LogP contribution in [0.5, 0.6) is 0 Å². The molecule has 154 valence electrons. The summed E-state index contributed by atoms with van der Waals surface area (Å²) in [5.41, 5.74) is 1.47. The van der Waals surface area contributed by atoms with Crippen LogP contribution in [0.2, 0.25) is 0 Å². The fraction of sp³-hybridized carbons (Fsp3) is 0.696. The van der Waals surface area contributed by atoms with E-state index in [2.05, 4.69) is 47.5 Å². The Morgan fingerprint density at radius 1 is 1.11 bits per heavy atom. The van der Waals surface area contributed by atoms with Gasteiger partial charge < -0.3 is 15.3 Å². The van der Waals surface area contributed by atoms with Crippen LogP contribution in [0.3, 0.4) is 0 Å². The molecule has 28 heavy (non-hydrogen) atoms. The van der Waals surface area contributed by atoms with Crippen molar-refractivity contribution in [2.75, 3.05) is 26.2 Å². The van der Waals surface area contributed by atoms with Crippen molar-refractivity contribution in [1.82, 2.24) is 15.1 Å². The summed E-state index contributed by atoms with van der Waals surface area (Å²) in [6.45, 7) is 5.81. The third-order valence-electron chi connectivity index (χ3n) is 7.36. The average molecular weight is 386 g/mol. The van der Waals surface area contributed by atoms with Gasteiger partial charge in [-0.15, -0.1) is 0 Å². The van der Waals surface area contributed by atoms with Crippen LogP contribution in [0.1, 0.15) is 57.4 Å². The molecule has 1 aliphatic carbocycles. The molecule has 0 aromatic heterocycles. The number of rotatable bonds is 4. The molecule has 2 aliphatic heterocycles. The number of nitrogens with one attached hydrogen (secondary N) is 1. The zero-order valence-corrected chi connectivity index (χ0v) is 17.1. The van der Waals surface area contributed by atoms with Crippen LogP contribution in [0.15, 0.2) is 30.3 Å². The molecule has 2 amide bonds. The smallest absolute Gasteiger partial charge is 0.317 e. The van der Waals surface area contributed by atoms with Crippen molar-refractivity contribution >= 4 is 6.03 Å². The lowest BCUT2D eigenvalue weighted by Crippen LogP contribution is -2.64. The Morgan fingerprint density at radius 3 is 2.43 bits per heavy atom. The second-order valence-corrected chi connectivity index (χ2v) is 9.03. The zero-order chi connectivity index (χ0) is 19.6. The van der Waals surface area contributed by atoms with E-state index < -0.39 is 0 Å². The van der Waals surface area contributed by atoms with E-state index in [-0.39, 0.29) is 23.6 Å². The van der Waals surface area contributed by atoms with Crippen molar-refractivity contribution in [2.24, 2.45) is 0 Å². The predicted molar refractivity (Wildman–Crippen MR) is 111 cm³/mol. The Hall–Kier alpha value is -1.59. The Morgan fingerprint density at radius 2 is 1.79 bits per heavy atom. The number of benzene rings is 1. The van der Waals surface area contributed by atoms with Crippen LogP contribution in [0.4, 0.5) is 4.79 Å². The highest BCUT2D eigenvalue weighted by Crippen LogP contribution is 2.37. The fourth-order valence-electron chi connectivity index (χ4n) is 5.39. The number of amides is 2. The van der Waals surface area contributed by atoms with Gasteiger partial charge in [-0.05, 0) is 37.7 Å². The standard InChI is InChI=1S/C23H35N3O2/c1-2-23(18-8-4-3-5-9-18)16-26(17-23)22(28)24-19-12-14-25(15-13-19)20-10-6-7-11-21(20)27/h3-5,8-9,19-21,27H,2,6-7,10-17H2,1H3,(H,24,28)/t20-,21+/m0/s1. The topological polar surface area (TPSA) is 55.8 Å². The summed E-state index contributed by atoms with van der Waals surface area (Å²) in [6, 6.07) is 11.3. The molecule has 3 fully saturated rings. The number of aliphatic hydroxyl groups is 1. The van der Waals surface area contributed by atoms with Gasteiger partial charge in [-0.2, -0.15) is 0 Å². The van der Waals surface area contributed by atoms with Crippen LogP contribution >= 0.6 is 0 Å². The summed E-state index contributed by atoms with van der Waals surface area (Å²) in [5.74, 6) is 0. The van der Waals surface area contributed by atoms with Gasteiger partial charge in [-0.25, -0.2) is 4.79 Å². The molecule has 5 heteroatoms. The maximum Gasteiger partial charge on any atom is 0.317 e. The van der Waals surface area contributed by atoms with Crippen molar-refractivity contribution in [3.05, 3.63) is 35.9 Å². The van der Waals surface area contributed by atoms with Gasteiger partial charge in [0.25, 0.3) is 0 Å². The number of hydrogen-bond donors (Lipinski definition) is 2. The minimum absolute atomic E-state index is 0.0937. The van der Waals surface area contributed by atoms with E-state index in [1.54, 1.807) is 0 Å². The molecule has 2 N–H and O–H groups in total. The quantitative estimate of drug-likeness (QED) is 0.837. The molecule has 1 aromatic rings. The summed E-state index contributed by atoms with van der Waals surface area (Å²) in [4.78, 5) is 17.1. The Bertz CT molecular complexity index is 651. The fourth-order valence-corrected chi connectivity index (χ4v) is 5.39. The van der Waals surface area contributed by atoms with Crippen molar-refractivity contribution in [3.63, 3.8) is 0 Å². The van der Waals surface area contributed by atoms with Crippen LogP contribution in [-0.4, -0.2) is 65.3 Å². The lowest BCUT2D eigenvalue weighted by molar-refractivity contribution is 0.00693. The second kappa shape index (κ2) is 8.42. The van der Waals surface area contributed by atoms with Crippen molar-refractivity contribution in [1.29, 1.82) is 0 Å². The van der Waals surface area contributed by atoms with Gasteiger partial charge >= 0.3 is 6.03 Å². The van der Waals surface area contributed by atoms with Crippen molar-refractivity contribution < 1.29 is 9.90 Å². The Labute approximate surface area is 169 Å².